The van der Waals surface area contributed by atoms with Crippen LogP contribution in [-0.4, -0.2) is 10.2 Å². The Bertz CT molecular complexity index is 545. The maximum atomic E-state index is 8.77. The Hall–Kier alpha value is -2.12. The number of hydrogen-bond acceptors (Lipinski definition) is 4. The van der Waals surface area contributed by atoms with Gasteiger partial charge in [0.05, 0.1) is 11.6 Å². The van der Waals surface area contributed by atoms with E-state index in [1.807, 2.05) is 18.2 Å². The molecule has 84 valence electrons. The quantitative estimate of drug-likeness (QED) is 0.902. The molecule has 0 radical (unpaired) electrons. The minimum Gasteiger partial charge on any atom is -0.365 e. The summed E-state index contributed by atoms with van der Waals surface area (Å²) in [5, 5.41) is 19.8. The SMILES string of the molecule is N#Cc1cccc(CNc2ccc(Cl)nn2)c1. The van der Waals surface area contributed by atoms with E-state index in [4.69, 9.17) is 16.9 Å². The topological polar surface area (TPSA) is 61.6 Å². The van der Waals surface area contributed by atoms with Gasteiger partial charge in [0.15, 0.2) is 5.15 Å². The fraction of sp³-hybridized carbons (Fsp3) is 0.0833. The molecule has 0 aliphatic rings. The third-order valence-electron chi connectivity index (χ3n) is 2.16. The molecule has 0 aliphatic heterocycles. The Morgan fingerprint density at radius 2 is 2.12 bits per heavy atom. The first-order chi connectivity index (χ1) is 8.28. The van der Waals surface area contributed by atoms with Gasteiger partial charge in [0.25, 0.3) is 0 Å². The van der Waals surface area contributed by atoms with Gasteiger partial charge in [0.2, 0.25) is 0 Å². The molecule has 0 bridgehead atoms. The van der Waals surface area contributed by atoms with Crippen molar-refractivity contribution >= 4 is 17.4 Å². The first kappa shape index (κ1) is 11.4. The first-order valence-electron chi connectivity index (χ1n) is 5.00. The molecule has 4 nitrogen and oxygen atoms in total. The van der Waals surface area contributed by atoms with Crippen molar-refractivity contribution in [2.45, 2.75) is 6.54 Å². The van der Waals surface area contributed by atoms with E-state index < -0.39 is 0 Å². The summed E-state index contributed by atoms with van der Waals surface area (Å²) in [7, 11) is 0. The lowest BCUT2D eigenvalue weighted by atomic mass is 10.1. The Morgan fingerprint density at radius 1 is 1.24 bits per heavy atom. The lowest BCUT2D eigenvalue weighted by molar-refractivity contribution is 1.00. The number of rotatable bonds is 3. The van der Waals surface area contributed by atoms with E-state index in [0.717, 1.165) is 5.56 Å². The van der Waals surface area contributed by atoms with Gasteiger partial charge in [-0.15, -0.1) is 10.2 Å². The van der Waals surface area contributed by atoms with Crippen LogP contribution in [0.15, 0.2) is 36.4 Å². The number of hydrogen-bond donors (Lipinski definition) is 1. The molecule has 1 aromatic carbocycles. The minimum atomic E-state index is 0.363. The smallest absolute Gasteiger partial charge is 0.151 e. The number of benzene rings is 1. The van der Waals surface area contributed by atoms with Crippen LogP contribution in [0, 0.1) is 11.3 Å². The number of aromatic nitrogens is 2. The molecule has 0 saturated heterocycles. The van der Waals surface area contributed by atoms with Gasteiger partial charge >= 0.3 is 0 Å². The molecule has 17 heavy (non-hydrogen) atoms. The summed E-state index contributed by atoms with van der Waals surface area (Å²) in [6, 6.07) is 12.9. The normalized spacial score (nSPS) is 9.65. The number of nitriles is 1. The van der Waals surface area contributed by atoms with Crippen LogP contribution in [0.4, 0.5) is 5.82 Å². The Balaban J connectivity index is 2.02. The molecule has 1 aromatic heterocycles. The molecule has 2 aromatic rings. The highest BCUT2D eigenvalue weighted by atomic mass is 35.5. The average molecular weight is 245 g/mol. The van der Waals surface area contributed by atoms with Gasteiger partial charge in [-0.3, -0.25) is 0 Å². The second-order valence-corrected chi connectivity index (χ2v) is 3.79. The zero-order valence-corrected chi connectivity index (χ0v) is 9.65. The monoisotopic (exact) mass is 244 g/mol. The van der Waals surface area contributed by atoms with Gasteiger partial charge < -0.3 is 5.32 Å². The molecule has 0 aliphatic carbocycles. The maximum Gasteiger partial charge on any atom is 0.151 e. The van der Waals surface area contributed by atoms with Gasteiger partial charge in [0, 0.05) is 6.54 Å². The third kappa shape index (κ3) is 3.16. The van der Waals surface area contributed by atoms with Crippen molar-refractivity contribution in [2.24, 2.45) is 0 Å². The summed E-state index contributed by atoms with van der Waals surface area (Å²) in [6.07, 6.45) is 0. The van der Waals surface area contributed by atoms with Crippen LogP contribution in [0.25, 0.3) is 0 Å². The van der Waals surface area contributed by atoms with Crippen molar-refractivity contribution in [2.75, 3.05) is 5.32 Å². The highest BCUT2D eigenvalue weighted by molar-refractivity contribution is 6.29. The summed E-state index contributed by atoms with van der Waals surface area (Å²) >= 11 is 5.63. The van der Waals surface area contributed by atoms with Crippen molar-refractivity contribution < 1.29 is 0 Å². The highest BCUT2D eigenvalue weighted by Gasteiger charge is 1.97. The molecule has 2 rings (SSSR count). The predicted octanol–water partition coefficient (Wildman–Crippen LogP) is 2.61. The Labute approximate surface area is 104 Å². The molecule has 0 atom stereocenters. The number of nitrogens with one attached hydrogen (secondary N) is 1. The Kier molecular flexibility index (Phi) is 3.53. The van der Waals surface area contributed by atoms with E-state index in [1.165, 1.54) is 0 Å². The van der Waals surface area contributed by atoms with Crippen LogP contribution in [0.2, 0.25) is 5.15 Å². The van der Waals surface area contributed by atoms with Crippen molar-refractivity contribution in [3.05, 3.63) is 52.7 Å². The van der Waals surface area contributed by atoms with Crippen LogP contribution >= 0.6 is 11.6 Å². The van der Waals surface area contributed by atoms with Crippen LogP contribution in [0.3, 0.4) is 0 Å². The van der Waals surface area contributed by atoms with Crippen LogP contribution in [0.5, 0.6) is 0 Å². The molecule has 0 unspecified atom stereocenters. The van der Waals surface area contributed by atoms with E-state index in [0.29, 0.717) is 23.1 Å². The van der Waals surface area contributed by atoms with E-state index >= 15 is 0 Å². The summed E-state index contributed by atoms with van der Waals surface area (Å²) < 4.78 is 0. The van der Waals surface area contributed by atoms with Gasteiger partial charge in [0.1, 0.15) is 5.82 Å². The van der Waals surface area contributed by atoms with Crippen LogP contribution < -0.4 is 5.32 Å². The molecule has 0 fully saturated rings. The van der Waals surface area contributed by atoms with Gasteiger partial charge in [-0.2, -0.15) is 5.26 Å². The van der Waals surface area contributed by atoms with Crippen LogP contribution in [-0.2, 0) is 6.54 Å². The fourth-order valence-corrected chi connectivity index (χ4v) is 1.45. The van der Waals surface area contributed by atoms with Crippen LogP contribution in [0.1, 0.15) is 11.1 Å². The first-order valence-corrected chi connectivity index (χ1v) is 5.38. The van der Waals surface area contributed by atoms with Gasteiger partial charge in [-0.05, 0) is 29.8 Å². The molecule has 1 N–H and O–H groups in total. The Morgan fingerprint density at radius 3 is 2.82 bits per heavy atom. The van der Waals surface area contributed by atoms with E-state index in [2.05, 4.69) is 21.6 Å². The zero-order valence-electron chi connectivity index (χ0n) is 8.89. The second kappa shape index (κ2) is 5.28. The molecule has 5 heteroatoms. The van der Waals surface area contributed by atoms with Crippen molar-refractivity contribution in [1.29, 1.82) is 5.26 Å². The summed E-state index contributed by atoms with van der Waals surface area (Å²) in [4.78, 5) is 0. The lowest BCUT2D eigenvalue weighted by Crippen LogP contribution is -2.02. The number of halogens is 1. The average Bonchev–Trinajstić information content (AvgIpc) is 2.38. The molecule has 0 spiro atoms. The van der Waals surface area contributed by atoms with Crippen molar-refractivity contribution in [1.82, 2.24) is 10.2 Å². The predicted molar refractivity (Wildman–Crippen MR) is 65.5 cm³/mol. The van der Waals surface area contributed by atoms with Crippen molar-refractivity contribution in [3.63, 3.8) is 0 Å². The standard InChI is InChI=1S/C12H9ClN4/c13-11-4-5-12(17-16-11)15-8-10-3-1-2-9(6-10)7-14/h1-6H,8H2,(H,15,17). The van der Waals surface area contributed by atoms with Crippen molar-refractivity contribution in [3.8, 4) is 6.07 Å². The number of anilines is 1. The fourth-order valence-electron chi connectivity index (χ4n) is 1.35. The van der Waals surface area contributed by atoms with E-state index in [1.54, 1.807) is 18.2 Å². The highest BCUT2D eigenvalue weighted by Crippen LogP contribution is 2.09. The molecular weight excluding hydrogens is 236 g/mol. The molecule has 0 saturated carbocycles. The minimum absolute atomic E-state index is 0.363. The zero-order chi connectivity index (χ0) is 12.1. The summed E-state index contributed by atoms with van der Waals surface area (Å²) in [6.45, 7) is 0.589. The molecule has 1 heterocycles. The molecule has 0 amide bonds. The third-order valence-corrected chi connectivity index (χ3v) is 2.36. The lowest BCUT2D eigenvalue weighted by Gasteiger charge is -2.04. The van der Waals surface area contributed by atoms with E-state index in [-0.39, 0.29) is 0 Å². The summed E-state index contributed by atoms with van der Waals surface area (Å²) in [5.41, 5.74) is 1.66. The summed E-state index contributed by atoms with van der Waals surface area (Å²) in [5.74, 6) is 0.650. The second-order valence-electron chi connectivity index (χ2n) is 3.41. The van der Waals surface area contributed by atoms with E-state index in [9.17, 15) is 0 Å². The number of nitrogens with zero attached hydrogens (tertiary/aromatic N) is 3. The van der Waals surface area contributed by atoms with Gasteiger partial charge in [-0.1, -0.05) is 23.7 Å². The maximum absolute atomic E-state index is 8.77. The molecular formula is C12H9ClN4. The van der Waals surface area contributed by atoms with Gasteiger partial charge in [-0.25, -0.2) is 0 Å². The largest absolute Gasteiger partial charge is 0.365 e.